The Balaban J connectivity index is 1.30. The third kappa shape index (κ3) is 3.91. The maximum Gasteiger partial charge on any atom is 0.267 e. The lowest BCUT2D eigenvalue weighted by Crippen LogP contribution is -2.51. The minimum absolute atomic E-state index is 0.245. The highest BCUT2D eigenvalue weighted by molar-refractivity contribution is 5.99. The summed E-state index contributed by atoms with van der Waals surface area (Å²) >= 11 is 0. The van der Waals surface area contributed by atoms with Crippen LogP contribution in [0.3, 0.4) is 0 Å². The van der Waals surface area contributed by atoms with Gasteiger partial charge in [0.25, 0.3) is 5.91 Å². The standard InChI is InChI=1S/C20H25N3O4/c24-18-9-8-17(19(25)21-18)27-16-6-4-15(5-7-16)22-10-12-23(13-11-22)20(26)14-2-1-3-14/h4-7,14,17H,1-3,8-13H2,(H,21,24,25). The number of nitrogens with zero attached hydrogens (tertiary/aromatic N) is 2. The van der Waals surface area contributed by atoms with Crippen LogP contribution in [0.15, 0.2) is 24.3 Å². The van der Waals surface area contributed by atoms with E-state index in [4.69, 9.17) is 4.74 Å². The first-order valence-corrected chi connectivity index (χ1v) is 9.74. The highest BCUT2D eigenvalue weighted by atomic mass is 16.5. The molecule has 1 unspecified atom stereocenters. The third-order valence-electron chi connectivity index (χ3n) is 5.71. The molecule has 0 aromatic heterocycles. The fourth-order valence-corrected chi connectivity index (χ4v) is 3.78. The van der Waals surface area contributed by atoms with E-state index in [1.807, 2.05) is 29.2 Å². The number of hydrogen-bond donors (Lipinski definition) is 1. The van der Waals surface area contributed by atoms with Gasteiger partial charge in [0.05, 0.1) is 0 Å². The summed E-state index contributed by atoms with van der Waals surface area (Å²) in [6.07, 6.45) is 3.38. The Morgan fingerprint density at radius 2 is 1.70 bits per heavy atom. The average molecular weight is 371 g/mol. The molecule has 0 spiro atoms. The maximum absolute atomic E-state index is 12.3. The van der Waals surface area contributed by atoms with E-state index < -0.39 is 6.10 Å². The number of anilines is 1. The second kappa shape index (κ2) is 7.58. The van der Waals surface area contributed by atoms with E-state index in [-0.39, 0.29) is 17.7 Å². The van der Waals surface area contributed by atoms with E-state index >= 15 is 0 Å². The molecule has 2 aliphatic heterocycles. The average Bonchev–Trinajstić information content (AvgIpc) is 2.63. The van der Waals surface area contributed by atoms with Crippen LogP contribution in [0.4, 0.5) is 5.69 Å². The van der Waals surface area contributed by atoms with Crippen molar-refractivity contribution >= 4 is 23.4 Å². The molecular formula is C20H25N3O4. The Morgan fingerprint density at radius 1 is 1.00 bits per heavy atom. The van der Waals surface area contributed by atoms with Crippen LogP contribution in [0.5, 0.6) is 5.75 Å². The van der Waals surface area contributed by atoms with Gasteiger partial charge in [-0.2, -0.15) is 0 Å². The molecule has 0 bridgehead atoms. The van der Waals surface area contributed by atoms with E-state index in [2.05, 4.69) is 10.2 Å². The van der Waals surface area contributed by atoms with Crippen LogP contribution in [-0.4, -0.2) is 54.9 Å². The molecule has 27 heavy (non-hydrogen) atoms. The number of piperidine rings is 1. The summed E-state index contributed by atoms with van der Waals surface area (Å²) in [5.41, 5.74) is 1.08. The third-order valence-corrected chi connectivity index (χ3v) is 5.71. The lowest BCUT2D eigenvalue weighted by atomic mass is 9.84. The van der Waals surface area contributed by atoms with Gasteiger partial charge in [-0.3, -0.25) is 19.7 Å². The second-order valence-electron chi connectivity index (χ2n) is 7.49. The summed E-state index contributed by atoms with van der Waals surface area (Å²) in [5.74, 6) is 0.592. The first kappa shape index (κ1) is 17.8. The van der Waals surface area contributed by atoms with E-state index in [9.17, 15) is 14.4 Å². The molecule has 1 aromatic carbocycles. The molecule has 1 saturated carbocycles. The van der Waals surface area contributed by atoms with Gasteiger partial charge in [-0.25, -0.2) is 0 Å². The molecule has 0 radical (unpaired) electrons. The molecule has 7 heteroatoms. The number of benzene rings is 1. The Bertz CT molecular complexity index is 721. The van der Waals surface area contributed by atoms with Crippen molar-refractivity contribution in [2.75, 3.05) is 31.1 Å². The summed E-state index contributed by atoms with van der Waals surface area (Å²) in [4.78, 5) is 39.6. The molecule has 1 aliphatic carbocycles. The Hall–Kier alpha value is -2.57. The largest absolute Gasteiger partial charge is 0.481 e. The van der Waals surface area contributed by atoms with Gasteiger partial charge in [-0.1, -0.05) is 6.42 Å². The van der Waals surface area contributed by atoms with E-state index in [0.717, 1.165) is 44.7 Å². The molecule has 2 heterocycles. The Morgan fingerprint density at radius 3 is 2.30 bits per heavy atom. The SMILES string of the molecule is O=C1CCC(Oc2ccc(N3CCN(C(=O)C4CCC4)CC3)cc2)C(=O)N1. The topological polar surface area (TPSA) is 79.0 Å². The van der Waals surface area contributed by atoms with E-state index in [1.54, 1.807) is 0 Å². The van der Waals surface area contributed by atoms with Crippen LogP contribution in [0.1, 0.15) is 32.1 Å². The lowest BCUT2D eigenvalue weighted by Gasteiger charge is -2.39. The minimum Gasteiger partial charge on any atom is -0.481 e. The fraction of sp³-hybridized carbons (Fsp3) is 0.550. The van der Waals surface area contributed by atoms with Gasteiger partial charge in [-0.15, -0.1) is 0 Å². The normalized spacial score (nSPS) is 23.6. The van der Waals surface area contributed by atoms with Gasteiger partial charge < -0.3 is 14.5 Å². The molecular weight excluding hydrogens is 346 g/mol. The lowest BCUT2D eigenvalue weighted by molar-refractivity contribution is -0.139. The smallest absolute Gasteiger partial charge is 0.267 e. The molecule has 7 nitrogen and oxygen atoms in total. The predicted molar refractivity (Wildman–Crippen MR) is 99.4 cm³/mol. The highest BCUT2D eigenvalue weighted by Gasteiger charge is 2.31. The van der Waals surface area contributed by atoms with Gasteiger partial charge >= 0.3 is 0 Å². The van der Waals surface area contributed by atoms with E-state index in [0.29, 0.717) is 24.5 Å². The van der Waals surface area contributed by atoms with E-state index in [1.165, 1.54) is 6.42 Å². The fourth-order valence-electron chi connectivity index (χ4n) is 3.78. The van der Waals surface area contributed by atoms with Gasteiger partial charge in [0.1, 0.15) is 5.75 Å². The number of rotatable bonds is 4. The number of piperazine rings is 1. The van der Waals surface area contributed by atoms with Crippen molar-refractivity contribution in [2.24, 2.45) is 5.92 Å². The number of ether oxygens (including phenoxy) is 1. The van der Waals surface area contributed by atoms with Gasteiger partial charge in [0.2, 0.25) is 11.8 Å². The van der Waals surface area contributed by atoms with Crippen molar-refractivity contribution < 1.29 is 19.1 Å². The molecule has 2 saturated heterocycles. The Labute approximate surface area is 158 Å². The number of imide groups is 1. The zero-order valence-corrected chi connectivity index (χ0v) is 15.4. The summed E-state index contributed by atoms with van der Waals surface area (Å²) in [5, 5.41) is 2.30. The summed E-state index contributed by atoms with van der Waals surface area (Å²) in [6.45, 7) is 3.19. The molecule has 1 N–H and O–H groups in total. The summed E-state index contributed by atoms with van der Waals surface area (Å²) < 4.78 is 5.72. The molecule has 1 atom stereocenters. The first-order chi connectivity index (χ1) is 13.1. The van der Waals surface area contributed by atoms with Crippen molar-refractivity contribution in [3.63, 3.8) is 0 Å². The number of amides is 3. The van der Waals surface area contributed by atoms with Crippen molar-refractivity contribution in [1.29, 1.82) is 0 Å². The van der Waals surface area contributed by atoms with Crippen molar-refractivity contribution in [2.45, 2.75) is 38.2 Å². The summed E-state index contributed by atoms with van der Waals surface area (Å²) in [6, 6.07) is 7.66. The molecule has 144 valence electrons. The second-order valence-corrected chi connectivity index (χ2v) is 7.49. The van der Waals surface area contributed by atoms with Crippen LogP contribution in [0, 0.1) is 5.92 Å². The van der Waals surface area contributed by atoms with Crippen LogP contribution in [-0.2, 0) is 14.4 Å². The first-order valence-electron chi connectivity index (χ1n) is 9.74. The predicted octanol–water partition coefficient (Wildman–Crippen LogP) is 1.32. The van der Waals surface area contributed by atoms with Crippen LogP contribution >= 0.6 is 0 Å². The van der Waals surface area contributed by atoms with Crippen molar-refractivity contribution in [3.8, 4) is 5.75 Å². The van der Waals surface area contributed by atoms with Crippen molar-refractivity contribution in [1.82, 2.24) is 10.2 Å². The van der Waals surface area contributed by atoms with Crippen LogP contribution < -0.4 is 15.0 Å². The monoisotopic (exact) mass is 371 g/mol. The quantitative estimate of drug-likeness (QED) is 0.808. The zero-order chi connectivity index (χ0) is 18.8. The summed E-state index contributed by atoms with van der Waals surface area (Å²) in [7, 11) is 0. The Kier molecular flexibility index (Phi) is 5.01. The van der Waals surface area contributed by atoms with Gasteiger partial charge in [0.15, 0.2) is 6.10 Å². The van der Waals surface area contributed by atoms with Crippen LogP contribution in [0.2, 0.25) is 0 Å². The van der Waals surface area contributed by atoms with Crippen LogP contribution in [0.25, 0.3) is 0 Å². The molecule has 1 aromatic rings. The number of carbonyl (C=O) groups excluding carboxylic acids is 3. The number of hydrogen-bond acceptors (Lipinski definition) is 5. The van der Waals surface area contributed by atoms with Gasteiger partial charge in [0, 0.05) is 50.6 Å². The van der Waals surface area contributed by atoms with Crippen molar-refractivity contribution in [3.05, 3.63) is 24.3 Å². The zero-order valence-electron chi connectivity index (χ0n) is 15.4. The number of nitrogens with one attached hydrogen (secondary N) is 1. The highest BCUT2D eigenvalue weighted by Crippen LogP contribution is 2.29. The molecule has 3 fully saturated rings. The molecule has 4 rings (SSSR count). The minimum atomic E-state index is -0.616. The maximum atomic E-state index is 12.3. The molecule has 3 aliphatic rings. The number of carbonyl (C=O) groups is 3. The molecule has 3 amide bonds. The van der Waals surface area contributed by atoms with Gasteiger partial charge in [-0.05, 0) is 37.1 Å².